The summed E-state index contributed by atoms with van der Waals surface area (Å²) in [7, 11) is 1.27. The number of alkyl halides is 1. The monoisotopic (exact) mass is 651 g/mol. The van der Waals surface area contributed by atoms with Gasteiger partial charge in [-0.3, -0.25) is 19.5 Å². The quantitative estimate of drug-likeness (QED) is 0.235. The van der Waals surface area contributed by atoms with E-state index in [0.29, 0.717) is 28.1 Å². The van der Waals surface area contributed by atoms with E-state index < -0.39 is 30.0 Å². The zero-order chi connectivity index (χ0) is 27.2. The first-order chi connectivity index (χ1) is 18.2. The Morgan fingerprint density at radius 3 is 2.63 bits per heavy atom. The van der Waals surface area contributed by atoms with Crippen molar-refractivity contribution in [1.82, 2.24) is 26.1 Å². The second-order valence-electron chi connectivity index (χ2n) is 8.43. The highest BCUT2D eigenvalue weighted by Gasteiger charge is 2.21. The van der Waals surface area contributed by atoms with Crippen molar-refractivity contribution >= 4 is 72.2 Å². The largest absolute Gasteiger partial charge is 0.469 e. The number of halogens is 3. The molecule has 2 heterocycles. The van der Waals surface area contributed by atoms with Gasteiger partial charge in [-0.2, -0.15) is 5.10 Å². The smallest absolute Gasteiger partial charge is 0.307 e. The van der Waals surface area contributed by atoms with Crippen LogP contribution in [-0.4, -0.2) is 66.9 Å². The summed E-state index contributed by atoms with van der Waals surface area (Å²) in [5, 5.41) is 18.8. The summed E-state index contributed by atoms with van der Waals surface area (Å²) in [4.78, 5) is 41.8. The zero-order valence-corrected chi connectivity index (χ0v) is 23.3. The lowest BCUT2D eigenvalue weighted by atomic mass is 10.0. The van der Waals surface area contributed by atoms with Crippen molar-refractivity contribution in [3.8, 4) is 0 Å². The molecule has 0 bridgehead atoms. The zero-order valence-electron chi connectivity index (χ0n) is 20.1. The standard InChI is InChI=1S/C24H24Br2FN7O4/c1-38-22(36)7-18(12-2-14(25)6-15(26)3-12)32-21(35)11-28-23(37)13-4-19(17-10-31-34-20(17)5-13)33-24-29-8-16(27)9-30-24/h2-6,10,16,18H,7-9,11H2,1H3,(H,28,37)(H,31,34)(H,32,35)(H2,29,30,33)/t18-/m0/s1. The third-order valence-electron chi connectivity index (χ3n) is 5.64. The summed E-state index contributed by atoms with van der Waals surface area (Å²) >= 11 is 6.81. The number of nitrogens with one attached hydrogen (secondary N) is 5. The molecule has 0 saturated carbocycles. The van der Waals surface area contributed by atoms with E-state index in [1.54, 1.807) is 30.5 Å². The fourth-order valence-corrected chi connectivity index (χ4v) is 5.13. The first-order valence-corrected chi connectivity index (χ1v) is 13.1. The SMILES string of the molecule is COC(=O)C[C@H](NC(=O)CNC(=O)c1cc(NC2=NCC(F)CN2)c2cn[nH]c2c1)c1cc(Br)cc(Br)c1. The van der Waals surface area contributed by atoms with E-state index in [9.17, 15) is 18.8 Å². The lowest BCUT2D eigenvalue weighted by Crippen LogP contribution is -2.41. The topological polar surface area (TPSA) is 150 Å². The highest BCUT2D eigenvalue weighted by molar-refractivity contribution is 9.11. The Bertz CT molecular complexity index is 1380. The molecule has 3 aromatic rings. The minimum Gasteiger partial charge on any atom is -0.469 e. The van der Waals surface area contributed by atoms with Gasteiger partial charge in [-0.1, -0.05) is 31.9 Å². The van der Waals surface area contributed by atoms with Crippen LogP contribution in [0.4, 0.5) is 10.1 Å². The number of carbonyl (C=O) groups excluding carboxylic acids is 3. The predicted octanol–water partition coefficient (Wildman–Crippen LogP) is 2.95. The number of hydrogen-bond acceptors (Lipinski definition) is 8. The molecular formula is C24H24Br2FN7O4. The van der Waals surface area contributed by atoms with Crippen molar-refractivity contribution in [2.75, 3.05) is 32.1 Å². The van der Waals surface area contributed by atoms with Crippen LogP contribution in [0.15, 0.2) is 50.5 Å². The normalized spacial score (nSPS) is 15.7. The lowest BCUT2D eigenvalue weighted by Gasteiger charge is -2.20. The number of amides is 2. The Labute approximate surface area is 233 Å². The van der Waals surface area contributed by atoms with E-state index in [0.717, 1.165) is 8.95 Å². The molecule has 1 aromatic heterocycles. The van der Waals surface area contributed by atoms with Crippen molar-refractivity contribution in [1.29, 1.82) is 0 Å². The first-order valence-electron chi connectivity index (χ1n) is 11.5. The fourth-order valence-electron chi connectivity index (χ4n) is 3.80. The summed E-state index contributed by atoms with van der Waals surface area (Å²) in [6.07, 6.45) is 0.441. The third-order valence-corrected chi connectivity index (χ3v) is 6.56. The maximum absolute atomic E-state index is 13.4. The third kappa shape index (κ3) is 7.07. The predicted molar refractivity (Wildman–Crippen MR) is 147 cm³/mol. The van der Waals surface area contributed by atoms with Crippen LogP contribution in [0.3, 0.4) is 0 Å². The minimum atomic E-state index is -1.06. The van der Waals surface area contributed by atoms with Crippen molar-refractivity contribution in [2.45, 2.75) is 18.6 Å². The number of ether oxygens (including phenoxy) is 1. The molecule has 2 aromatic carbocycles. The van der Waals surface area contributed by atoms with E-state index in [1.807, 2.05) is 6.07 Å². The highest BCUT2D eigenvalue weighted by atomic mass is 79.9. The molecule has 1 unspecified atom stereocenters. The van der Waals surface area contributed by atoms with Crippen LogP contribution in [0.5, 0.6) is 0 Å². The van der Waals surface area contributed by atoms with Crippen molar-refractivity contribution in [3.05, 3.63) is 56.6 Å². The molecule has 2 amide bonds. The van der Waals surface area contributed by atoms with Crippen LogP contribution in [-0.2, 0) is 14.3 Å². The molecule has 5 N–H and O–H groups in total. The number of fused-ring (bicyclic) bond motifs is 1. The number of nitrogens with zero attached hydrogens (tertiary/aromatic N) is 2. The Morgan fingerprint density at radius 1 is 1.18 bits per heavy atom. The maximum Gasteiger partial charge on any atom is 0.307 e. The number of esters is 1. The molecule has 1 aliphatic rings. The van der Waals surface area contributed by atoms with E-state index in [1.165, 1.54) is 7.11 Å². The van der Waals surface area contributed by atoms with Crippen LogP contribution in [0.1, 0.15) is 28.4 Å². The van der Waals surface area contributed by atoms with Crippen LogP contribution in [0.25, 0.3) is 10.9 Å². The minimum absolute atomic E-state index is 0.0347. The van der Waals surface area contributed by atoms with Crippen molar-refractivity contribution in [2.24, 2.45) is 4.99 Å². The Hall–Kier alpha value is -3.52. The molecule has 0 aliphatic carbocycles. The van der Waals surface area contributed by atoms with E-state index in [2.05, 4.69) is 68.3 Å². The fraction of sp³-hybridized carbons (Fsp3) is 0.292. The molecule has 2 atom stereocenters. The van der Waals surface area contributed by atoms with Gasteiger partial charge >= 0.3 is 5.97 Å². The van der Waals surface area contributed by atoms with Crippen LogP contribution >= 0.6 is 31.9 Å². The average molecular weight is 653 g/mol. The number of aromatic nitrogens is 2. The number of carbonyl (C=O) groups is 3. The van der Waals surface area contributed by atoms with E-state index in [4.69, 9.17) is 4.74 Å². The maximum atomic E-state index is 13.4. The van der Waals surface area contributed by atoms with Crippen molar-refractivity contribution in [3.63, 3.8) is 0 Å². The molecule has 1 aliphatic heterocycles. The van der Waals surface area contributed by atoms with Crippen LogP contribution < -0.4 is 21.3 Å². The van der Waals surface area contributed by atoms with Gasteiger partial charge in [-0.25, -0.2) is 9.38 Å². The Morgan fingerprint density at radius 2 is 1.95 bits per heavy atom. The van der Waals surface area contributed by atoms with Crippen molar-refractivity contribution < 1.29 is 23.5 Å². The second kappa shape index (κ2) is 12.3. The highest BCUT2D eigenvalue weighted by Crippen LogP contribution is 2.27. The molecule has 14 heteroatoms. The lowest BCUT2D eigenvalue weighted by molar-refractivity contribution is -0.141. The van der Waals surface area contributed by atoms with E-state index >= 15 is 0 Å². The average Bonchev–Trinajstić information content (AvgIpc) is 3.36. The molecule has 11 nitrogen and oxygen atoms in total. The van der Waals surface area contributed by atoms with E-state index in [-0.39, 0.29) is 31.6 Å². The van der Waals surface area contributed by atoms with Crippen LogP contribution in [0.2, 0.25) is 0 Å². The number of H-pyrrole nitrogens is 1. The Kier molecular flexibility index (Phi) is 8.94. The van der Waals surface area contributed by atoms with Gasteiger partial charge in [-0.05, 0) is 35.9 Å². The molecule has 200 valence electrons. The number of methoxy groups -OCH3 is 1. The number of aliphatic imine (C=N–C) groups is 1. The van der Waals surface area contributed by atoms with Gasteiger partial charge in [0.2, 0.25) is 5.91 Å². The number of benzene rings is 2. The molecule has 0 radical (unpaired) electrons. The van der Waals surface area contributed by atoms with Gasteiger partial charge in [0.1, 0.15) is 6.17 Å². The Balaban J connectivity index is 1.44. The number of hydrogen-bond donors (Lipinski definition) is 5. The molecule has 0 fully saturated rings. The number of rotatable bonds is 8. The molecule has 0 saturated heterocycles. The summed E-state index contributed by atoms with van der Waals surface area (Å²) in [5.74, 6) is -1.11. The second-order valence-corrected chi connectivity index (χ2v) is 10.3. The van der Waals surface area contributed by atoms with Crippen LogP contribution in [0, 0.1) is 0 Å². The van der Waals surface area contributed by atoms with Gasteiger partial charge in [0.05, 0.1) is 56.6 Å². The van der Waals surface area contributed by atoms with Gasteiger partial charge in [-0.15, -0.1) is 0 Å². The summed E-state index contributed by atoms with van der Waals surface area (Å²) in [6.45, 7) is -0.169. The molecule has 4 rings (SSSR count). The van der Waals surface area contributed by atoms with Gasteiger partial charge in [0, 0.05) is 19.9 Å². The van der Waals surface area contributed by atoms with Gasteiger partial charge in [0.25, 0.3) is 5.91 Å². The number of aromatic amines is 1. The summed E-state index contributed by atoms with van der Waals surface area (Å²) in [5.41, 5.74) is 2.06. The summed E-state index contributed by atoms with van der Waals surface area (Å²) in [6, 6.07) is 7.92. The van der Waals surface area contributed by atoms with Gasteiger partial charge < -0.3 is 26.0 Å². The van der Waals surface area contributed by atoms with Gasteiger partial charge in [0.15, 0.2) is 5.96 Å². The number of guanidine groups is 1. The number of anilines is 1. The molecule has 38 heavy (non-hydrogen) atoms. The first kappa shape index (κ1) is 27.5. The summed E-state index contributed by atoms with van der Waals surface area (Å²) < 4.78 is 19.7. The molecular weight excluding hydrogens is 629 g/mol. The molecule has 0 spiro atoms.